The molecule has 0 bridgehead atoms. The van der Waals surface area contributed by atoms with Crippen LogP contribution < -0.4 is 23.7 Å². The fourth-order valence-electron chi connectivity index (χ4n) is 2.37. The number of rotatable bonds is 0. The Kier molecular flexibility index (Phi) is 1.94. The van der Waals surface area contributed by atoms with E-state index in [9.17, 15) is 0 Å². The van der Waals surface area contributed by atoms with Crippen molar-refractivity contribution < 1.29 is 23.7 Å². The lowest BCUT2D eigenvalue weighted by atomic mass is 10.2. The molecule has 100 valence electrons. The molecule has 3 aliphatic rings. The standard InChI is InChI=1S/C14H8O5S/c1-7-9(17-5-15-7)3-13-11(1)19-12-2-8-10(18-6-16-8)4-14(12)20-13/h1-4H,5-6H2. The van der Waals surface area contributed by atoms with Gasteiger partial charge >= 0.3 is 0 Å². The first-order valence-electron chi connectivity index (χ1n) is 6.10. The third kappa shape index (κ3) is 1.39. The summed E-state index contributed by atoms with van der Waals surface area (Å²) in [6.45, 7) is 0.512. The minimum atomic E-state index is 0.256. The second-order valence-electron chi connectivity index (χ2n) is 4.51. The van der Waals surface area contributed by atoms with Gasteiger partial charge in [-0.2, -0.15) is 0 Å². The van der Waals surface area contributed by atoms with Gasteiger partial charge in [0.05, 0.1) is 9.79 Å². The van der Waals surface area contributed by atoms with Crippen LogP contribution in [0.5, 0.6) is 34.5 Å². The highest BCUT2D eigenvalue weighted by Crippen LogP contribution is 2.54. The van der Waals surface area contributed by atoms with Gasteiger partial charge in [-0.05, 0) is 0 Å². The molecule has 0 atom stereocenters. The topological polar surface area (TPSA) is 46.2 Å². The van der Waals surface area contributed by atoms with Gasteiger partial charge in [-0.25, -0.2) is 0 Å². The number of ether oxygens (including phenoxy) is 5. The van der Waals surface area contributed by atoms with Crippen LogP contribution in [0.25, 0.3) is 0 Å². The van der Waals surface area contributed by atoms with E-state index in [2.05, 4.69) is 0 Å². The van der Waals surface area contributed by atoms with Crippen molar-refractivity contribution in [1.29, 1.82) is 0 Å². The lowest BCUT2D eigenvalue weighted by molar-refractivity contribution is 0.173. The van der Waals surface area contributed by atoms with Crippen LogP contribution in [-0.2, 0) is 0 Å². The van der Waals surface area contributed by atoms with Crippen LogP contribution in [0.3, 0.4) is 0 Å². The van der Waals surface area contributed by atoms with Gasteiger partial charge in [0.1, 0.15) is 11.5 Å². The average Bonchev–Trinajstić information content (AvgIpc) is 3.07. The average molecular weight is 288 g/mol. The summed E-state index contributed by atoms with van der Waals surface area (Å²) in [7, 11) is 0. The second-order valence-corrected chi connectivity index (χ2v) is 5.59. The summed E-state index contributed by atoms with van der Waals surface area (Å²) < 4.78 is 27.5. The van der Waals surface area contributed by atoms with Crippen molar-refractivity contribution in [1.82, 2.24) is 0 Å². The van der Waals surface area contributed by atoms with Crippen molar-refractivity contribution in [3.63, 3.8) is 0 Å². The van der Waals surface area contributed by atoms with Crippen LogP contribution >= 0.6 is 11.8 Å². The summed E-state index contributed by atoms with van der Waals surface area (Å²) in [6, 6.07) is 7.60. The maximum Gasteiger partial charge on any atom is 0.231 e. The van der Waals surface area contributed by atoms with E-state index < -0.39 is 0 Å². The lowest BCUT2D eigenvalue weighted by Crippen LogP contribution is -1.95. The third-order valence-corrected chi connectivity index (χ3v) is 4.40. The quantitative estimate of drug-likeness (QED) is 0.632. The Morgan fingerprint density at radius 3 is 1.55 bits per heavy atom. The zero-order valence-corrected chi connectivity index (χ0v) is 11.0. The van der Waals surface area contributed by atoms with Gasteiger partial charge in [-0.15, -0.1) is 0 Å². The van der Waals surface area contributed by atoms with Gasteiger partial charge < -0.3 is 23.7 Å². The summed E-state index contributed by atoms with van der Waals surface area (Å²) in [4.78, 5) is 2.00. The van der Waals surface area contributed by atoms with Crippen LogP contribution in [0, 0.1) is 0 Å². The molecule has 0 N–H and O–H groups in total. The SMILES string of the molecule is c1c2c(cc3c1Oc1cc4c(cc1S3)OCO4)OCO2. The van der Waals surface area contributed by atoms with Crippen LogP contribution in [0.4, 0.5) is 0 Å². The third-order valence-electron chi connectivity index (χ3n) is 3.32. The van der Waals surface area contributed by atoms with E-state index >= 15 is 0 Å². The van der Waals surface area contributed by atoms with Crippen LogP contribution in [-0.4, -0.2) is 13.6 Å². The number of fused-ring (bicyclic) bond motifs is 4. The van der Waals surface area contributed by atoms with Gasteiger partial charge in [-0.1, -0.05) is 11.8 Å². The summed E-state index contributed by atoms with van der Waals surface area (Å²) in [5.41, 5.74) is 0. The first-order chi connectivity index (χ1) is 9.87. The summed E-state index contributed by atoms with van der Waals surface area (Å²) in [5.74, 6) is 4.48. The van der Waals surface area contributed by atoms with Crippen LogP contribution in [0.15, 0.2) is 34.1 Å². The zero-order valence-electron chi connectivity index (χ0n) is 10.2. The minimum Gasteiger partial charge on any atom is -0.455 e. The van der Waals surface area contributed by atoms with E-state index in [0.29, 0.717) is 11.5 Å². The highest BCUT2D eigenvalue weighted by atomic mass is 32.2. The van der Waals surface area contributed by atoms with Gasteiger partial charge in [0, 0.05) is 24.3 Å². The fourth-order valence-corrected chi connectivity index (χ4v) is 3.34. The molecular formula is C14H8O5S. The van der Waals surface area contributed by atoms with E-state index in [1.54, 1.807) is 11.8 Å². The molecule has 5 nitrogen and oxygen atoms in total. The van der Waals surface area contributed by atoms with Crippen molar-refractivity contribution in [2.75, 3.05) is 13.6 Å². The van der Waals surface area contributed by atoms with Crippen LogP contribution in [0.1, 0.15) is 0 Å². The van der Waals surface area contributed by atoms with Crippen molar-refractivity contribution in [2.45, 2.75) is 9.79 Å². The maximum atomic E-state index is 5.94. The van der Waals surface area contributed by atoms with Crippen LogP contribution in [0.2, 0.25) is 0 Å². The molecular weight excluding hydrogens is 280 g/mol. The summed E-state index contributed by atoms with van der Waals surface area (Å²) in [6.07, 6.45) is 0. The molecule has 3 heterocycles. The molecule has 0 saturated heterocycles. The Bertz CT molecular complexity index is 621. The Morgan fingerprint density at radius 1 is 0.600 bits per heavy atom. The maximum absolute atomic E-state index is 5.94. The van der Waals surface area contributed by atoms with Crippen molar-refractivity contribution in [3.05, 3.63) is 24.3 Å². The predicted molar refractivity (Wildman–Crippen MR) is 69.3 cm³/mol. The molecule has 0 spiro atoms. The highest BCUT2D eigenvalue weighted by molar-refractivity contribution is 7.99. The van der Waals surface area contributed by atoms with Crippen molar-refractivity contribution >= 4 is 11.8 Å². The Morgan fingerprint density at radius 2 is 1.05 bits per heavy atom. The Labute approximate surface area is 118 Å². The molecule has 0 saturated carbocycles. The normalized spacial score (nSPS) is 16.4. The molecule has 0 aromatic heterocycles. The largest absolute Gasteiger partial charge is 0.455 e. The summed E-state index contributed by atoms with van der Waals surface area (Å²) in [5, 5.41) is 0. The van der Waals surface area contributed by atoms with E-state index in [0.717, 1.165) is 32.8 Å². The highest BCUT2D eigenvalue weighted by Gasteiger charge is 2.26. The number of hydrogen-bond donors (Lipinski definition) is 0. The zero-order chi connectivity index (χ0) is 13.1. The van der Waals surface area contributed by atoms with E-state index in [1.165, 1.54) is 0 Å². The Balaban J connectivity index is 1.62. The second kappa shape index (κ2) is 3.67. The Hall–Kier alpha value is -2.21. The monoisotopic (exact) mass is 288 g/mol. The predicted octanol–water partition coefficient (Wildman–Crippen LogP) is 3.40. The molecule has 5 rings (SSSR count). The number of hydrogen-bond acceptors (Lipinski definition) is 6. The smallest absolute Gasteiger partial charge is 0.231 e. The lowest BCUT2D eigenvalue weighted by Gasteiger charge is -2.20. The molecule has 3 aliphatic heterocycles. The van der Waals surface area contributed by atoms with Gasteiger partial charge in [0.2, 0.25) is 13.6 Å². The molecule has 0 aliphatic carbocycles. The van der Waals surface area contributed by atoms with Crippen molar-refractivity contribution in [3.8, 4) is 34.5 Å². The van der Waals surface area contributed by atoms with Gasteiger partial charge in [-0.3, -0.25) is 0 Å². The molecule has 2 aromatic rings. The molecule has 0 amide bonds. The van der Waals surface area contributed by atoms with E-state index in [1.807, 2.05) is 24.3 Å². The van der Waals surface area contributed by atoms with Gasteiger partial charge in [0.25, 0.3) is 0 Å². The first-order valence-corrected chi connectivity index (χ1v) is 6.91. The molecule has 6 heteroatoms. The van der Waals surface area contributed by atoms with Crippen molar-refractivity contribution in [2.24, 2.45) is 0 Å². The van der Waals surface area contributed by atoms with E-state index in [4.69, 9.17) is 23.7 Å². The first kappa shape index (κ1) is 10.6. The molecule has 2 aromatic carbocycles. The fraction of sp³-hybridized carbons (Fsp3) is 0.143. The summed E-state index contributed by atoms with van der Waals surface area (Å²) >= 11 is 1.62. The molecule has 0 radical (unpaired) electrons. The number of benzene rings is 2. The molecule has 0 fully saturated rings. The van der Waals surface area contributed by atoms with Gasteiger partial charge in [0.15, 0.2) is 23.0 Å². The molecule has 20 heavy (non-hydrogen) atoms. The van der Waals surface area contributed by atoms with E-state index in [-0.39, 0.29) is 13.6 Å². The molecule has 0 unspecified atom stereocenters. The minimum absolute atomic E-state index is 0.256.